The van der Waals surface area contributed by atoms with Gasteiger partial charge in [-0.2, -0.15) is 5.10 Å². The molecule has 0 saturated carbocycles. The molecule has 32 heavy (non-hydrogen) atoms. The molecule has 0 aliphatic carbocycles. The van der Waals surface area contributed by atoms with Gasteiger partial charge >= 0.3 is 0 Å². The molecule has 1 atom stereocenters. The van der Waals surface area contributed by atoms with E-state index in [2.05, 4.69) is 4.72 Å². The van der Waals surface area contributed by atoms with Crippen LogP contribution < -0.4 is 9.46 Å². The highest BCUT2D eigenvalue weighted by Gasteiger charge is 2.27. The van der Waals surface area contributed by atoms with Gasteiger partial charge in [0.2, 0.25) is 10.0 Å². The summed E-state index contributed by atoms with van der Waals surface area (Å²) in [6, 6.07) is 11.0. The van der Waals surface area contributed by atoms with Crippen LogP contribution in [0.5, 0.6) is 5.75 Å². The monoisotopic (exact) mass is 459 g/mol. The number of aromatic nitrogens is 2. The minimum absolute atomic E-state index is 0.0165. The maximum atomic E-state index is 13.9. The lowest BCUT2D eigenvalue weighted by atomic mass is 10.0. The van der Waals surface area contributed by atoms with Crippen molar-refractivity contribution >= 4 is 10.0 Å². The Hall–Kier alpha value is -2.75. The van der Waals surface area contributed by atoms with Crippen molar-refractivity contribution < 1.29 is 22.3 Å². The molecule has 0 unspecified atom stereocenters. The van der Waals surface area contributed by atoms with Crippen LogP contribution in [0.1, 0.15) is 32.0 Å². The first-order valence-corrected chi connectivity index (χ1v) is 11.9. The number of nitrogens with zero attached hydrogens (tertiary/aromatic N) is 2. The van der Waals surface area contributed by atoms with E-state index in [9.17, 15) is 12.8 Å². The molecule has 0 spiro atoms. The minimum atomic E-state index is -3.58. The summed E-state index contributed by atoms with van der Waals surface area (Å²) in [5, 5.41) is 4.81. The number of sulfonamides is 1. The Kier molecular flexibility index (Phi) is 6.07. The predicted octanol–water partition coefficient (Wildman–Crippen LogP) is 3.83. The second-order valence-corrected chi connectivity index (χ2v) is 9.84. The van der Waals surface area contributed by atoms with Crippen molar-refractivity contribution in [3.63, 3.8) is 0 Å². The van der Waals surface area contributed by atoms with E-state index in [4.69, 9.17) is 14.6 Å². The third-order valence-corrected chi connectivity index (χ3v) is 6.97. The maximum Gasteiger partial charge on any atom is 0.240 e. The van der Waals surface area contributed by atoms with Crippen LogP contribution in [0, 0.1) is 5.82 Å². The molecule has 1 aliphatic heterocycles. The molecule has 0 saturated heterocycles. The largest absolute Gasteiger partial charge is 0.494 e. The smallest absolute Gasteiger partial charge is 0.240 e. The van der Waals surface area contributed by atoms with E-state index in [-0.39, 0.29) is 22.8 Å². The Bertz CT molecular complexity index is 1240. The van der Waals surface area contributed by atoms with Crippen molar-refractivity contribution in [1.29, 1.82) is 0 Å². The Labute approximate surface area is 187 Å². The zero-order chi connectivity index (χ0) is 23.0. The van der Waals surface area contributed by atoms with Crippen molar-refractivity contribution in [2.75, 3.05) is 7.11 Å². The fourth-order valence-electron chi connectivity index (χ4n) is 3.80. The fraction of sp³-hybridized carbons (Fsp3) is 0.348. The number of rotatable bonds is 6. The van der Waals surface area contributed by atoms with Gasteiger partial charge in [-0.05, 0) is 45.0 Å². The summed E-state index contributed by atoms with van der Waals surface area (Å²) in [7, 11) is -2.16. The molecule has 4 rings (SSSR count). The highest BCUT2D eigenvalue weighted by molar-refractivity contribution is 7.89. The first-order valence-electron chi connectivity index (χ1n) is 10.4. The van der Waals surface area contributed by atoms with Gasteiger partial charge in [-0.25, -0.2) is 22.2 Å². The lowest BCUT2D eigenvalue weighted by Crippen LogP contribution is -2.30. The Morgan fingerprint density at radius 1 is 1.22 bits per heavy atom. The average Bonchev–Trinajstić information content (AvgIpc) is 3.12. The van der Waals surface area contributed by atoms with Crippen molar-refractivity contribution in [3.8, 4) is 22.7 Å². The van der Waals surface area contributed by atoms with Crippen molar-refractivity contribution in [3.05, 3.63) is 59.5 Å². The molecule has 0 radical (unpaired) electrons. The van der Waals surface area contributed by atoms with Crippen molar-refractivity contribution in [1.82, 2.24) is 14.5 Å². The first-order chi connectivity index (χ1) is 15.2. The van der Waals surface area contributed by atoms with Crippen molar-refractivity contribution in [2.24, 2.45) is 0 Å². The van der Waals surface area contributed by atoms with E-state index < -0.39 is 15.8 Å². The van der Waals surface area contributed by atoms with E-state index in [1.165, 1.54) is 13.2 Å². The third kappa shape index (κ3) is 4.28. The molecule has 1 aliphatic rings. The molecule has 170 valence electrons. The minimum Gasteiger partial charge on any atom is -0.494 e. The molecule has 1 N–H and O–H groups in total. The molecule has 2 aromatic carbocycles. The van der Waals surface area contributed by atoms with Gasteiger partial charge in [-0.15, -0.1) is 0 Å². The van der Waals surface area contributed by atoms with E-state index >= 15 is 0 Å². The molecule has 0 amide bonds. The van der Waals surface area contributed by atoms with Crippen molar-refractivity contribution in [2.45, 2.75) is 50.8 Å². The third-order valence-electron chi connectivity index (χ3n) is 5.29. The zero-order valence-electron chi connectivity index (χ0n) is 18.4. The second kappa shape index (κ2) is 8.65. The van der Waals surface area contributed by atoms with Crippen LogP contribution in [-0.2, 0) is 27.8 Å². The molecule has 7 nitrogen and oxygen atoms in total. The molecular weight excluding hydrogens is 433 g/mol. The molecule has 2 heterocycles. The molecule has 0 bridgehead atoms. The van der Waals surface area contributed by atoms with Gasteiger partial charge in [0.1, 0.15) is 0 Å². The van der Waals surface area contributed by atoms with Crippen LogP contribution in [0.25, 0.3) is 16.9 Å². The summed E-state index contributed by atoms with van der Waals surface area (Å²) in [5.41, 5.74) is 4.07. The van der Waals surface area contributed by atoms with Crippen LogP contribution in [-0.4, -0.2) is 37.5 Å². The van der Waals surface area contributed by atoms with Gasteiger partial charge in [0.15, 0.2) is 11.6 Å². The zero-order valence-corrected chi connectivity index (χ0v) is 19.2. The van der Waals surface area contributed by atoms with Gasteiger partial charge in [0.25, 0.3) is 0 Å². The van der Waals surface area contributed by atoms with E-state index in [0.717, 1.165) is 16.8 Å². The van der Waals surface area contributed by atoms with Gasteiger partial charge in [0.05, 0.1) is 41.8 Å². The SMILES string of the molecule is COc1cc(-n2nc(-c3ccc(S(=O)(=O)NC(C)C)cc3)c3c2C[C@H](C)OC3)ccc1F. The Morgan fingerprint density at radius 3 is 2.59 bits per heavy atom. The number of hydrogen-bond donors (Lipinski definition) is 1. The lowest BCUT2D eigenvalue weighted by Gasteiger charge is -2.21. The number of halogens is 1. The van der Waals surface area contributed by atoms with Crippen LogP contribution in [0.3, 0.4) is 0 Å². The van der Waals surface area contributed by atoms with E-state index in [0.29, 0.717) is 24.4 Å². The number of benzene rings is 2. The van der Waals surface area contributed by atoms with Crippen LogP contribution >= 0.6 is 0 Å². The fourth-order valence-corrected chi connectivity index (χ4v) is 5.05. The van der Waals surface area contributed by atoms with Crippen LogP contribution in [0.15, 0.2) is 47.4 Å². The molecule has 0 fully saturated rings. The highest BCUT2D eigenvalue weighted by Crippen LogP contribution is 2.34. The number of hydrogen-bond acceptors (Lipinski definition) is 5. The van der Waals surface area contributed by atoms with Crippen LogP contribution in [0.2, 0.25) is 0 Å². The topological polar surface area (TPSA) is 82.5 Å². The predicted molar refractivity (Wildman–Crippen MR) is 119 cm³/mol. The number of nitrogens with one attached hydrogen (secondary N) is 1. The van der Waals surface area contributed by atoms with E-state index in [1.54, 1.807) is 54.9 Å². The highest BCUT2D eigenvalue weighted by atomic mass is 32.2. The Morgan fingerprint density at radius 2 is 1.94 bits per heavy atom. The number of methoxy groups -OCH3 is 1. The summed E-state index contributed by atoms with van der Waals surface area (Å²) >= 11 is 0. The van der Waals surface area contributed by atoms with Gasteiger partial charge < -0.3 is 9.47 Å². The molecule has 3 aromatic rings. The van der Waals surface area contributed by atoms with Gasteiger partial charge in [0, 0.05) is 29.7 Å². The molecule has 1 aromatic heterocycles. The summed E-state index contributed by atoms with van der Waals surface area (Å²) in [6.07, 6.45) is 0.662. The number of ether oxygens (including phenoxy) is 2. The quantitative estimate of drug-likeness (QED) is 0.606. The standard InChI is InChI=1S/C23H26FN3O4S/c1-14(2)26-32(28,29)18-8-5-16(6-9-18)23-19-13-31-15(3)11-21(19)27(25-23)17-7-10-20(24)22(12-17)30-4/h5-10,12,14-15,26H,11,13H2,1-4H3/t15-/m0/s1. The summed E-state index contributed by atoms with van der Waals surface area (Å²) < 4.78 is 54.2. The second-order valence-electron chi connectivity index (χ2n) is 8.13. The van der Waals surface area contributed by atoms with Crippen LogP contribution in [0.4, 0.5) is 4.39 Å². The number of fused-ring (bicyclic) bond motifs is 1. The van der Waals surface area contributed by atoms with Gasteiger partial charge in [-0.3, -0.25) is 0 Å². The first kappa shape index (κ1) is 22.4. The lowest BCUT2D eigenvalue weighted by molar-refractivity contribution is 0.0401. The molecule has 9 heteroatoms. The molecular formula is C23H26FN3O4S. The normalized spacial score (nSPS) is 16.2. The summed E-state index contributed by atoms with van der Waals surface area (Å²) in [5.74, 6) is -0.304. The average molecular weight is 460 g/mol. The van der Waals surface area contributed by atoms with E-state index in [1.807, 2.05) is 6.92 Å². The van der Waals surface area contributed by atoms with Gasteiger partial charge in [-0.1, -0.05) is 12.1 Å². The summed E-state index contributed by atoms with van der Waals surface area (Å²) in [6.45, 7) is 5.93. The maximum absolute atomic E-state index is 13.9. The summed E-state index contributed by atoms with van der Waals surface area (Å²) in [4.78, 5) is 0.191. The Balaban J connectivity index is 1.78.